The Morgan fingerprint density at radius 1 is 1.00 bits per heavy atom. The second-order valence-electron chi connectivity index (χ2n) is 6.77. The molecule has 0 fully saturated rings. The number of hydrazine groups is 1. The van der Waals surface area contributed by atoms with Gasteiger partial charge in [-0.15, -0.1) is 0 Å². The smallest absolute Gasteiger partial charge is 0.232 e. The minimum atomic E-state index is -0.477. The van der Waals surface area contributed by atoms with Crippen molar-refractivity contribution < 1.29 is 9.18 Å². The predicted molar refractivity (Wildman–Crippen MR) is 114 cm³/mol. The van der Waals surface area contributed by atoms with E-state index in [4.69, 9.17) is 5.26 Å². The third-order valence-electron chi connectivity index (χ3n) is 4.74. The molecular weight excluding hydrogens is 379 g/mol. The van der Waals surface area contributed by atoms with Crippen LogP contribution in [0.15, 0.2) is 79.0 Å². The molecule has 1 aromatic heterocycles. The number of carbonyl (C=O) groups is 1. The fraction of sp³-hybridized carbons (Fsp3) is 0.0417. The van der Waals surface area contributed by atoms with E-state index in [9.17, 15) is 9.18 Å². The van der Waals surface area contributed by atoms with E-state index in [0.717, 1.165) is 21.9 Å². The standard InChI is InChI=1S/C24H17FN4O/c25-23-13-17(11-18-9-10-27-21(12-18)15-26)5-8-24(23)28-29(16-30)22-7-6-19-3-1-2-4-20(19)14-22/h1-10,12-14,16,28H,11H2. The van der Waals surface area contributed by atoms with Crippen molar-refractivity contribution in [3.8, 4) is 6.07 Å². The molecule has 5 nitrogen and oxygen atoms in total. The molecule has 0 atom stereocenters. The number of hydrogen-bond acceptors (Lipinski definition) is 4. The summed E-state index contributed by atoms with van der Waals surface area (Å²) < 4.78 is 14.7. The SMILES string of the molecule is N#Cc1cc(Cc2ccc(NN(C=O)c3ccc4ccccc4c3)c(F)c2)ccn1. The maximum atomic E-state index is 14.7. The van der Waals surface area contributed by atoms with Gasteiger partial charge in [-0.1, -0.05) is 36.4 Å². The molecule has 0 radical (unpaired) electrons. The Bertz CT molecular complexity index is 1270. The van der Waals surface area contributed by atoms with Gasteiger partial charge in [-0.2, -0.15) is 5.26 Å². The minimum Gasteiger partial charge on any atom is -0.289 e. The van der Waals surface area contributed by atoms with Crippen LogP contribution in [0.25, 0.3) is 10.8 Å². The Labute approximate surface area is 173 Å². The lowest BCUT2D eigenvalue weighted by Gasteiger charge is -2.21. The molecule has 0 saturated heterocycles. The number of nitriles is 1. The van der Waals surface area contributed by atoms with Crippen LogP contribution in [-0.2, 0) is 11.2 Å². The van der Waals surface area contributed by atoms with Crippen LogP contribution in [0.5, 0.6) is 0 Å². The van der Waals surface area contributed by atoms with Crippen LogP contribution in [-0.4, -0.2) is 11.4 Å². The number of amides is 1. The Morgan fingerprint density at radius 2 is 1.80 bits per heavy atom. The Kier molecular flexibility index (Phi) is 5.35. The van der Waals surface area contributed by atoms with E-state index in [-0.39, 0.29) is 5.69 Å². The molecule has 1 amide bonds. The second-order valence-corrected chi connectivity index (χ2v) is 6.77. The zero-order valence-electron chi connectivity index (χ0n) is 15.9. The van der Waals surface area contributed by atoms with Crippen LogP contribution in [0.3, 0.4) is 0 Å². The van der Waals surface area contributed by atoms with E-state index in [2.05, 4.69) is 10.4 Å². The molecule has 146 valence electrons. The van der Waals surface area contributed by atoms with E-state index in [1.165, 1.54) is 11.1 Å². The number of benzene rings is 3. The molecule has 1 N–H and O–H groups in total. The number of carbonyl (C=O) groups excluding carboxylic acids is 1. The van der Waals surface area contributed by atoms with Gasteiger partial charge in [-0.05, 0) is 64.7 Å². The summed E-state index contributed by atoms with van der Waals surface area (Å²) in [6, 6.07) is 23.6. The molecular formula is C24H17FN4O. The van der Waals surface area contributed by atoms with Crippen molar-refractivity contribution >= 4 is 28.6 Å². The minimum absolute atomic E-state index is 0.187. The van der Waals surface area contributed by atoms with Gasteiger partial charge in [0.1, 0.15) is 17.6 Å². The maximum absolute atomic E-state index is 14.7. The quantitative estimate of drug-likeness (QED) is 0.375. The Balaban J connectivity index is 1.54. The van der Waals surface area contributed by atoms with Crippen molar-refractivity contribution in [1.29, 1.82) is 5.26 Å². The number of aromatic nitrogens is 1. The number of nitrogens with one attached hydrogen (secondary N) is 1. The van der Waals surface area contributed by atoms with Gasteiger partial charge in [-0.25, -0.2) is 14.4 Å². The molecule has 0 aliphatic carbocycles. The van der Waals surface area contributed by atoms with Gasteiger partial charge in [0.05, 0.1) is 11.4 Å². The molecule has 30 heavy (non-hydrogen) atoms. The first kappa shape index (κ1) is 19.1. The van der Waals surface area contributed by atoms with E-state index in [0.29, 0.717) is 24.2 Å². The van der Waals surface area contributed by atoms with Gasteiger partial charge >= 0.3 is 0 Å². The Morgan fingerprint density at radius 3 is 2.57 bits per heavy atom. The molecule has 6 heteroatoms. The van der Waals surface area contributed by atoms with Crippen molar-refractivity contribution in [2.75, 3.05) is 10.4 Å². The van der Waals surface area contributed by atoms with E-state index < -0.39 is 5.82 Å². The molecule has 0 saturated carbocycles. The van der Waals surface area contributed by atoms with Gasteiger partial charge in [0.25, 0.3) is 0 Å². The highest BCUT2D eigenvalue weighted by Gasteiger charge is 2.11. The average molecular weight is 396 g/mol. The highest BCUT2D eigenvalue weighted by Crippen LogP contribution is 2.24. The van der Waals surface area contributed by atoms with Crippen LogP contribution in [0, 0.1) is 17.1 Å². The number of fused-ring (bicyclic) bond motifs is 1. The first-order valence-corrected chi connectivity index (χ1v) is 9.30. The van der Waals surface area contributed by atoms with E-state index in [1.807, 2.05) is 42.5 Å². The number of nitrogens with zero attached hydrogens (tertiary/aromatic N) is 3. The number of hydrogen-bond donors (Lipinski definition) is 1. The fourth-order valence-electron chi connectivity index (χ4n) is 3.25. The fourth-order valence-corrected chi connectivity index (χ4v) is 3.25. The summed E-state index contributed by atoms with van der Waals surface area (Å²) in [5.41, 5.74) is 5.55. The van der Waals surface area contributed by atoms with Crippen LogP contribution < -0.4 is 10.4 Å². The molecule has 3 aromatic carbocycles. The van der Waals surface area contributed by atoms with Crippen molar-refractivity contribution in [3.05, 3.63) is 102 Å². The molecule has 1 heterocycles. The topological polar surface area (TPSA) is 69.0 Å². The summed E-state index contributed by atoms with van der Waals surface area (Å²) in [6.07, 6.45) is 2.64. The third kappa shape index (κ3) is 4.10. The van der Waals surface area contributed by atoms with Crippen molar-refractivity contribution in [2.24, 2.45) is 0 Å². The molecule has 0 aliphatic heterocycles. The molecule has 0 aliphatic rings. The largest absolute Gasteiger partial charge is 0.289 e. The summed E-state index contributed by atoms with van der Waals surface area (Å²) in [6.45, 7) is 0. The van der Waals surface area contributed by atoms with Gasteiger partial charge < -0.3 is 0 Å². The lowest BCUT2D eigenvalue weighted by Crippen LogP contribution is -2.28. The first-order valence-electron chi connectivity index (χ1n) is 9.30. The van der Waals surface area contributed by atoms with Crippen molar-refractivity contribution in [3.63, 3.8) is 0 Å². The summed E-state index contributed by atoms with van der Waals surface area (Å²) >= 11 is 0. The first-order chi connectivity index (χ1) is 14.7. The number of rotatable bonds is 6. The van der Waals surface area contributed by atoms with E-state index in [1.54, 1.807) is 36.5 Å². The summed E-state index contributed by atoms with van der Waals surface area (Å²) in [5, 5.41) is 12.2. The highest BCUT2D eigenvalue weighted by molar-refractivity contribution is 5.89. The van der Waals surface area contributed by atoms with Crippen LogP contribution in [0.4, 0.5) is 15.8 Å². The lowest BCUT2D eigenvalue weighted by atomic mass is 10.0. The second kappa shape index (κ2) is 8.41. The number of pyridine rings is 1. The highest BCUT2D eigenvalue weighted by atomic mass is 19.1. The third-order valence-corrected chi connectivity index (χ3v) is 4.74. The molecule has 0 bridgehead atoms. The monoisotopic (exact) mass is 396 g/mol. The van der Waals surface area contributed by atoms with Crippen molar-refractivity contribution in [2.45, 2.75) is 6.42 Å². The summed E-state index contributed by atoms with van der Waals surface area (Å²) in [4.78, 5) is 15.6. The number of halogens is 1. The van der Waals surface area contributed by atoms with Crippen molar-refractivity contribution in [1.82, 2.24) is 4.98 Å². The van der Waals surface area contributed by atoms with Crippen LogP contribution >= 0.6 is 0 Å². The predicted octanol–water partition coefficient (Wildman–Crippen LogP) is 4.83. The zero-order valence-corrected chi connectivity index (χ0v) is 15.9. The van der Waals surface area contributed by atoms with Gasteiger partial charge in [0.2, 0.25) is 6.41 Å². The van der Waals surface area contributed by atoms with Crippen LogP contribution in [0.1, 0.15) is 16.8 Å². The summed E-state index contributed by atoms with van der Waals surface area (Å²) in [5.74, 6) is -0.477. The van der Waals surface area contributed by atoms with Gasteiger partial charge in [-0.3, -0.25) is 10.2 Å². The summed E-state index contributed by atoms with van der Waals surface area (Å²) in [7, 11) is 0. The maximum Gasteiger partial charge on any atom is 0.232 e. The van der Waals surface area contributed by atoms with E-state index >= 15 is 0 Å². The lowest BCUT2D eigenvalue weighted by molar-refractivity contribution is -0.107. The average Bonchev–Trinajstić information content (AvgIpc) is 2.78. The van der Waals surface area contributed by atoms with Gasteiger partial charge in [0.15, 0.2) is 0 Å². The molecule has 4 rings (SSSR count). The number of anilines is 2. The molecule has 0 spiro atoms. The molecule has 4 aromatic rings. The van der Waals surface area contributed by atoms with Gasteiger partial charge in [0, 0.05) is 6.20 Å². The molecule has 0 unspecified atom stereocenters. The van der Waals surface area contributed by atoms with Crippen LogP contribution in [0.2, 0.25) is 0 Å². The normalized spacial score (nSPS) is 10.4. The Hall–Kier alpha value is -4.24. The zero-order chi connectivity index (χ0) is 20.9.